The summed E-state index contributed by atoms with van der Waals surface area (Å²) in [5.74, 6) is -4.58. The van der Waals surface area contributed by atoms with E-state index in [4.69, 9.17) is 39.4 Å². The van der Waals surface area contributed by atoms with Gasteiger partial charge in [0, 0.05) is 6.54 Å². The monoisotopic (exact) mass is 911 g/mol. The van der Waals surface area contributed by atoms with Crippen molar-refractivity contribution in [1.82, 2.24) is 4.90 Å². The number of nitrogens with zero attached hydrogens (tertiary/aromatic N) is 1. The lowest BCUT2D eigenvalue weighted by atomic mass is 9.96. The van der Waals surface area contributed by atoms with Gasteiger partial charge in [0.25, 0.3) is 0 Å². The molecule has 350 valence electrons. The molecule has 0 aromatic heterocycles. The van der Waals surface area contributed by atoms with E-state index in [1.54, 1.807) is 0 Å². The molecule has 8 rings (SSSR count). The zero-order valence-corrected chi connectivity index (χ0v) is 36.0. The number of aromatic carboxylic acids is 4. The van der Waals surface area contributed by atoms with Gasteiger partial charge in [-0.15, -0.1) is 0 Å². The molecule has 17 heteroatoms. The number of ether oxygens (including phenoxy) is 4. The summed E-state index contributed by atoms with van der Waals surface area (Å²) in [6, 6.07) is 14.8. The van der Waals surface area contributed by atoms with Crippen LogP contribution in [0, 0.1) is 41.0 Å². The fourth-order valence-electron chi connectivity index (χ4n) is 6.59. The molecule has 3 aliphatic carbocycles. The molecule has 0 amide bonds. The summed E-state index contributed by atoms with van der Waals surface area (Å²) >= 11 is 0. The molecule has 0 radical (unpaired) electrons. The minimum atomic E-state index is -1.14. The molecule has 65 heavy (non-hydrogen) atoms. The summed E-state index contributed by atoms with van der Waals surface area (Å²) in [5.41, 5.74) is -0.259. The Morgan fingerprint density at radius 1 is 0.585 bits per heavy atom. The number of benzene rings is 4. The van der Waals surface area contributed by atoms with Gasteiger partial charge in [-0.05, 0) is 149 Å². The Hall–Kier alpha value is -6.36. The van der Waals surface area contributed by atoms with Crippen LogP contribution in [0.5, 0.6) is 23.0 Å². The van der Waals surface area contributed by atoms with Crippen LogP contribution in [0.3, 0.4) is 0 Å². The van der Waals surface area contributed by atoms with Crippen LogP contribution in [-0.2, 0) is 0 Å². The fourth-order valence-corrected chi connectivity index (χ4v) is 6.59. The van der Waals surface area contributed by atoms with Crippen LogP contribution in [0.2, 0.25) is 0 Å². The van der Waals surface area contributed by atoms with Gasteiger partial charge in [0.15, 0.2) is 46.3 Å². The Labute approximate surface area is 373 Å². The largest absolute Gasteiger partial charge is 0.491 e. The summed E-state index contributed by atoms with van der Waals surface area (Å²) in [6.07, 6.45) is 9.52. The van der Waals surface area contributed by atoms with Crippen molar-refractivity contribution >= 4 is 23.9 Å². The average Bonchev–Trinajstić information content (AvgIpc) is 4.19. The minimum Gasteiger partial charge on any atom is -0.491 e. The molecule has 0 bridgehead atoms. The molecule has 4 fully saturated rings. The van der Waals surface area contributed by atoms with Crippen molar-refractivity contribution in [2.24, 2.45) is 17.8 Å². The van der Waals surface area contributed by atoms with E-state index in [0.29, 0.717) is 25.0 Å². The number of likely N-dealkylation sites (N-methyl/N-ethyl adjacent to an activating group) is 1. The maximum Gasteiger partial charge on any atom is 0.335 e. The number of halogens is 4. The minimum absolute atomic E-state index is 0.0334. The molecular formula is C48H53F4NO12. The molecule has 3 atom stereocenters. The molecule has 4 aliphatic rings. The van der Waals surface area contributed by atoms with E-state index in [9.17, 15) is 36.7 Å². The predicted molar refractivity (Wildman–Crippen MR) is 228 cm³/mol. The van der Waals surface area contributed by atoms with Gasteiger partial charge < -0.3 is 44.3 Å². The highest BCUT2D eigenvalue weighted by Crippen LogP contribution is 2.38. The molecule has 0 spiro atoms. The molecule has 1 heterocycles. The number of carboxylic acids is 4. The van der Waals surface area contributed by atoms with Gasteiger partial charge >= 0.3 is 23.9 Å². The van der Waals surface area contributed by atoms with E-state index >= 15 is 0 Å². The maximum absolute atomic E-state index is 13.7. The third-order valence-corrected chi connectivity index (χ3v) is 11.1. The van der Waals surface area contributed by atoms with Crippen molar-refractivity contribution in [2.75, 3.05) is 33.4 Å². The van der Waals surface area contributed by atoms with Crippen LogP contribution in [0.25, 0.3) is 0 Å². The van der Waals surface area contributed by atoms with E-state index in [2.05, 4.69) is 11.8 Å². The van der Waals surface area contributed by atoms with Crippen molar-refractivity contribution in [3.63, 3.8) is 0 Å². The Kier molecular flexibility index (Phi) is 18.0. The summed E-state index contributed by atoms with van der Waals surface area (Å²) in [7, 11) is 2.00. The molecule has 1 aliphatic heterocycles. The number of hydrogen-bond acceptors (Lipinski definition) is 9. The van der Waals surface area contributed by atoms with Gasteiger partial charge in [-0.1, -0.05) is 19.8 Å². The van der Waals surface area contributed by atoms with Gasteiger partial charge in [-0.25, -0.2) is 36.7 Å². The van der Waals surface area contributed by atoms with Crippen molar-refractivity contribution < 1.29 is 76.1 Å². The number of likely N-dealkylation sites (tertiary alicyclic amines) is 1. The quantitative estimate of drug-likeness (QED) is 0.0826. The van der Waals surface area contributed by atoms with Crippen molar-refractivity contribution in [3.8, 4) is 23.0 Å². The van der Waals surface area contributed by atoms with Crippen LogP contribution in [0.1, 0.15) is 106 Å². The van der Waals surface area contributed by atoms with Crippen molar-refractivity contribution in [1.29, 1.82) is 0 Å². The number of carboxylic acid groups (broad SMARTS) is 4. The summed E-state index contributed by atoms with van der Waals surface area (Å²) in [4.78, 5) is 44.5. The zero-order chi connectivity index (χ0) is 47.2. The van der Waals surface area contributed by atoms with E-state index < -0.39 is 47.1 Å². The van der Waals surface area contributed by atoms with Gasteiger partial charge in [0.05, 0.1) is 41.6 Å². The topological polar surface area (TPSA) is 189 Å². The van der Waals surface area contributed by atoms with Crippen LogP contribution in [0.15, 0.2) is 72.8 Å². The second kappa shape index (κ2) is 23.5. The van der Waals surface area contributed by atoms with E-state index in [-0.39, 0.29) is 57.5 Å². The normalized spacial score (nSPS) is 18.6. The van der Waals surface area contributed by atoms with E-state index in [1.165, 1.54) is 61.4 Å². The highest BCUT2D eigenvalue weighted by atomic mass is 19.1. The van der Waals surface area contributed by atoms with Crippen LogP contribution in [-0.4, -0.2) is 94.8 Å². The van der Waals surface area contributed by atoms with Crippen LogP contribution in [0.4, 0.5) is 17.6 Å². The summed E-state index contributed by atoms with van der Waals surface area (Å²) in [5, 5.41) is 34.7. The van der Waals surface area contributed by atoms with Gasteiger partial charge in [-0.2, -0.15) is 0 Å². The summed E-state index contributed by atoms with van der Waals surface area (Å²) in [6.45, 7) is 4.91. The first kappa shape index (κ1) is 49.7. The van der Waals surface area contributed by atoms with Gasteiger partial charge in [0.1, 0.15) is 6.10 Å². The fraction of sp³-hybridized carbons (Fsp3) is 0.417. The standard InChI is InChI=1S/C13H16FNO3.2C12H13FO3.C11H11FO3/c1-15-6-2-3-10(8-15)18-12-5-4-9(13(16)17)7-11(12)14;1-7-4-9(7)6-16-11-3-2-8(12(14)15)5-10(11)13;13-10-7-9(12(14)15)3-4-11(10)16-6-5-8-1-2-8;12-9-6-7(11(13)14)4-5-10(9)15-8-2-1-3-8/h4-5,7,10H,2-3,6,8H2,1H3,(H,16,17);2-3,5,7,9H,4,6H2,1H3,(H,14,15);3-4,7-8H,1-2,5-6H2,(H,14,15);4-6,8H,1-3H2,(H,13,14). The third-order valence-electron chi connectivity index (χ3n) is 11.1. The number of carbonyl (C=O) groups is 4. The highest BCUT2D eigenvalue weighted by Gasteiger charge is 2.33. The Morgan fingerprint density at radius 3 is 1.34 bits per heavy atom. The van der Waals surface area contributed by atoms with Crippen molar-refractivity contribution in [3.05, 3.63) is 118 Å². The van der Waals surface area contributed by atoms with E-state index in [1.807, 2.05) is 7.05 Å². The van der Waals surface area contributed by atoms with E-state index in [0.717, 1.165) is 88.2 Å². The molecule has 4 N–H and O–H groups in total. The molecule has 1 saturated heterocycles. The first-order chi connectivity index (χ1) is 31.0. The van der Waals surface area contributed by atoms with Crippen LogP contribution >= 0.6 is 0 Å². The molecule has 3 saturated carbocycles. The average molecular weight is 912 g/mol. The maximum atomic E-state index is 13.7. The van der Waals surface area contributed by atoms with Gasteiger partial charge in [0.2, 0.25) is 0 Å². The lowest BCUT2D eigenvalue weighted by molar-refractivity contribution is 0.0685. The smallest absolute Gasteiger partial charge is 0.335 e. The van der Waals surface area contributed by atoms with Crippen LogP contribution < -0.4 is 18.9 Å². The highest BCUT2D eigenvalue weighted by molar-refractivity contribution is 5.89. The zero-order valence-electron chi connectivity index (χ0n) is 36.0. The Morgan fingerprint density at radius 2 is 0.985 bits per heavy atom. The summed E-state index contributed by atoms with van der Waals surface area (Å²) < 4.78 is 75.2. The predicted octanol–water partition coefficient (Wildman–Crippen LogP) is 9.71. The molecule has 3 unspecified atom stereocenters. The number of piperidine rings is 1. The molecule has 13 nitrogen and oxygen atoms in total. The van der Waals surface area contributed by atoms with Crippen molar-refractivity contribution in [2.45, 2.75) is 76.9 Å². The molecule has 4 aromatic rings. The first-order valence-corrected chi connectivity index (χ1v) is 21.4. The Bertz CT molecular complexity index is 2280. The second-order valence-electron chi connectivity index (χ2n) is 16.5. The lowest BCUT2D eigenvalue weighted by Gasteiger charge is -2.30. The molecule has 4 aromatic carbocycles. The second-order valence-corrected chi connectivity index (χ2v) is 16.5. The Balaban J connectivity index is 0.000000163. The first-order valence-electron chi connectivity index (χ1n) is 21.4. The number of rotatable bonds is 15. The lowest BCUT2D eigenvalue weighted by Crippen LogP contribution is -2.38. The third kappa shape index (κ3) is 16.0. The number of hydrogen-bond donors (Lipinski definition) is 4. The SMILES string of the molecule is CC1CC1COc1ccc(C(=O)O)cc1F.CN1CCCC(Oc2ccc(C(=O)O)cc2F)C1.O=C(O)c1ccc(OC2CCC2)c(F)c1.O=C(O)c1ccc(OCCC2CC2)c(F)c1. The molecular weight excluding hydrogens is 859 g/mol. The van der Waals surface area contributed by atoms with Gasteiger partial charge in [-0.3, -0.25) is 0 Å².